The van der Waals surface area contributed by atoms with Crippen LogP contribution in [0, 0.1) is 0 Å². The number of carbonyl (C=O) groups is 1. The Kier molecular flexibility index (Phi) is 4.78. The molecule has 0 bridgehead atoms. The molecule has 0 amide bonds. The van der Waals surface area contributed by atoms with Crippen LogP contribution in [-0.2, 0) is 9.53 Å². The normalized spacial score (nSPS) is 20.3. The van der Waals surface area contributed by atoms with Gasteiger partial charge in [0, 0.05) is 11.4 Å². The van der Waals surface area contributed by atoms with Gasteiger partial charge in [-0.05, 0) is 30.4 Å². The molecule has 2 atom stereocenters. The van der Waals surface area contributed by atoms with Gasteiger partial charge in [-0.3, -0.25) is 4.79 Å². The lowest BCUT2D eigenvalue weighted by Gasteiger charge is -2.23. The quantitative estimate of drug-likeness (QED) is 0.831. The maximum Gasteiger partial charge on any atom is 0.305 e. The summed E-state index contributed by atoms with van der Waals surface area (Å²) in [6.07, 6.45) is 5.98. The van der Waals surface area contributed by atoms with Gasteiger partial charge in [-0.15, -0.1) is 11.3 Å². The Morgan fingerprint density at radius 3 is 3.17 bits per heavy atom. The Morgan fingerprint density at radius 2 is 2.56 bits per heavy atom. The molecule has 2 N–H and O–H groups in total. The maximum atomic E-state index is 10.9. The fourth-order valence-corrected chi connectivity index (χ4v) is 2.75. The minimum absolute atomic E-state index is 0.100. The third-order valence-electron chi connectivity index (χ3n) is 2.88. The minimum Gasteiger partial charge on any atom is -0.497 e. The zero-order valence-corrected chi connectivity index (χ0v) is 10.9. The van der Waals surface area contributed by atoms with Crippen LogP contribution in [0.15, 0.2) is 29.9 Å². The van der Waals surface area contributed by atoms with Crippen molar-refractivity contribution in [3.63, 3.8) is 0 Å². The molecule has 4 nitrogen and oxygen atoms in total. The van der Waals surface area contributed by atoms with Gasteiger partial charge in [-0.2, -0.15) is 0 Å². The first kappa shape index (κ1) is 13.1. The molecule has 98 valence electrons. The molecule has 0 spiro atoms. The monoisotopic (exact) mass is 267 g/mol. The average molecular weight is 267 g/mol. The molecule has 0 aromatic carbocycles. The SMILES string of the molecule is O=C(O)CC(NCC1CCC=CO1)c1cccs1. The summed E-state index contributed by atoms with van der Waals surface area (Å²) in [6, 6.07) is 3.78. The van der Waals surface area contributed by atoms with Crippen LogP contribution in [0.25, 0.3) is 0 Å². The van der Waals surface area contributed by atoms with Crippen LogP contribution >= 0.6 is 11.3 Å². The number of rotatable bonds is 6. The fourth-order valence-electron chi connectivity index (χ4n) is 1.95. The van der Waals surface area contributed by atoms with Crippen LogP contribution in [0.3, 0.4) is 0 Å². The number of carboxylic acid groups (broad SMARTS) is 1. The zero-order valence-electron chi connectivity index (χ0n) is 10.0. The predicted octanol–water partition coefficient (Wildman–Crippen LogP) is 2.55. The predicted molar refractivity (Wildman–Crippen MR) is 70.6 cm³/mol. The van der Waals surface area contributed by atoms with E-state index >= 15 is 0 Å². The first-order valence-electron chi connectivity index (χ1n) is 6.05. The van der Waals surface area contributed by atoms with Gasteiger partial charge in [0.25, 0.3) is 0 Å². The Hall–Kier alpha value is -1.33. The van der Waals surface area contributed by atoms with Crippen LogP contribution < -0.4 is 5.32 Å². The third-order valence-corrected chi connectivity index (χ3v) is 3.87. The van der Waals surface area contributed by atoms with Gasteiger partial charge in [0.1, 0.15) is 6.10 Å². The Labute approximate surface area is 110 Å². The summed E-state index contributed by atoms with van der Waals surface area (Å²) in [5, 5.41) is 14.2. The summed E-state index contributed by atoms with van der Waals surface area (Å²) in [4.78, 5) is 11.9. The van der Waals surface area contributed by atoms with E-state index < -0.39 is 5.97 Å². The van der Waals surface area contributed by atoms with Gasteiger partial charge >= 0.3 is 5.97 Å². The lowest BCUT2D eigenvalue weighted by atomic mass is 10.1. The van der Waals surface area contributed by atoms with Crippen molar-refractivity contribution in [2.45, 2.75) is 31.4 Å². The molecule has 1 aliphatic rings. The van der Waals surface area contributed by atoms with E-state index in [-0.39, 0.29) is 18.6 Å². The largest absolute Gasteiger partial charge is 0.497 e. The number of thiophene rings is 1. The van der Waals surface area contributed by atoms with Gasteiger partial charge in [0.2, 0.25) is 0 Å². The molecule has 18 heavy (non-hydrogen) atoms. The van der Waals surface area contributed by atoms with Crippen molar-refractivity contribution < 1.29 is 14.6 Å². The van der Waals surface area contributed by atoms with Gasteiger partial charge in [-0.25, -0.2) is 0 Å². The molecule has 2 rings (SSSR count). The second-order valence-corrected chi connectivity index (χ2v) is 5.26. The van der Waals surface area contributed by atoms with Crippen molar-refractivity contribution in [1.82, 2.24) is 5.32 Å². The van der Waals surface area contributed by atoms with Crippen LogP contribution in [0.4, 0.5) is 0 Å². The molecule has 2 unspecified atom stereocenters. The fraction of sp³-hybridized carbons (Fsp3) is 0.462. The Balaban J connectivity index is 1.89. The smallest absolute Gasteiger partial charge is 0.305 e. The Morgan fingerprint density at radius 1 is 1.67 bits per heavy atom. The van der Waals surface area contributed by atoms with Gasteiger partial charge in [0.05, 0.1) is 18.7 Å². The molecule has 2 heterocycles. The highest BCUT2D eigenvalue weighted by molar-refractivity contribution is 7.10. The molecule has 1 aromatic rings. The molecular weight excluding hydrogens is 250 g/mol. The number of ether oxygens (including phenoxy) is 1. The number of hydrogen-bond acceptors (Lipinski definition) is 4. The summed E-state index contributed by atoms with van der Waals surface area (Å²) in [5.41, 5.74) is 0. The summed E-state index contributed by atoms with van der Waals surface area (Å²) in [5.74, 6) is -0.787. The third kappa shape index (κ3) is 3.85. The van der Waals surface area contributed by atoms with E-state index in [1.165, 1.54) is 0 Å². The highest BCUT2D eigenvalue weighted by Crippen LogP contribution is 2.22. The zero-order chi connectivity index (χ0) is 12.8. The van der Waals surface area contributed by atoms with E-state index in [4.69, 9.17) is 9.84 Å². The first-order chi connectivity index (χ1) is 8.75. The van der Waals surface area contributed by atoms with Crippen LogP contribution in [0.1, 0.15) is 30.2 Å². The van der Waals surface area contributed by atoms with E-state index in [1.54, 1.807) is 17.6 Å². The summed E-state index contributed by atoms with van der Waals surface area (Å²) >= 11 is 1.58. The topological polar surface area (TPSA) is 58.6 Å². The summed E-state index contributed by atoms with van der Waals surface area (Å²) in [6.45, 7) is 0.681. The summed E-state index contributed by atoms with van der Waals surface area (Å²) < 4.78 is 5.46. The first-order valence-corrected chi connectivity index (χ1v) is 6.92. The highest BCUT2D eigenvalue weighted by atomic mass is 32.1. The van der Waals surface area contributed by atoms with Crippen molar-refractivity contribution in [3.8, 4) is 0 Å². The van der Waals surface area contributed by atoms with E-state index in [1.807, 2.05) is 23.6 Å². The lowest BCUT2D eigenvalue weighted by Crippen LogP contribution is -2.32. The van der Waals surface area contributed by atoms with Crippen LogP contribution in [0.5, 0.6) is 0 Å². The standard InChI is InChI=1S/C13H17NO3S/c15-13(16)8-11(12-5-3-7-18-12)14-9-10-4-1-2-6-17-10/h2-3,5-7,10-11,14H,1,4,8-9H2,(H,15,16). The molecule has 0 radical (unpaired) electrons. The Bertz CT molecular complexity index is 402. The molecule has 0 saturated heterocycles. The van der Waals surface area contributed by atoms with Crippen molar-refractivity contribution in [2.24, 2.45) is 0 Å². The molecule has 0 saturated carbocycles. The second kappa shape index (κ2) is 6.56. The maximum absolute atomic E-state index is 10.9. The molecule has 1 aromatic heterocycles. The van der Waals surface area contributed by atoms with Gasteiger partial charge in [-0.1, -0.05) is 6.07 Å². The van der Waals surface area contributed by atoms with Crippen LogP contribution in [0.2, 0.25) is 0 Å². The van der Waals surface area contributed by atoms with Crippen molar-refractivity contribution in [1.29, 1.82) is 0 Å². The molecule has 5 heteroatoms. The van der Waals surface area contributed by atoms with Gasteiger partial charge < -0.3 is 15.2 Å². The summed E-state index contributed by atoms with van der Waals surface area (Å²) in [7, 11) is 0. The number of nitrogens with one attached hydrogen (secondary N) is 1. The number of carboxylic acids is 1. The van der Waals surface area contributed by atoms with Crippen molar-refractivity contribution in [2.75, 3.05) is 6.54 Å². The number of allylic oxidation sites excluding steroid dienone is 1. The van der Waals surface area contributed by atoms with E-state index in [0.29, 0.717) is 6.54 Å². The van der Waals surface area contributed by atoms with Crippen molar-refractivity contribution >= 4 is 17.3 Å². The molecule has 0 aliphatic carbocycles. The van der Waals surface area contributed by atoms with E-state index in [0.717, 1.165) is 17.7 Å². The number of hydrogen-bond donors (Lipinski definition) is 2. The minimum atomic E-state index is -0.787. The molecule has 0 fully saturated rings. The van der Waals surface area contributed by atoms with Gasteiger partial charge in [0.15, 0.2) is 0 Å². The molecular formula is C13H17NO3S. The van der Waals surface area contributed by atoms with E-state index in [2.05, 4.69) is 5.32 Å². The molecule has 1 aliphatic heterocycles. The highest BCUT2D eigenvalue weighted by Gasteiger charge is 2.19. The average Bonchev–Trinajstić information content (AvgIpc) is 2.89. The van der Waals surface area contributed by atoms with Crippen molar-refractivity contribution in [3.05, 3.63) is 34.7 Å². The number of aliphatic carboxylic acids is 1. The van der Waals surface area contributed by atoms with E-state index in [9.17, 15) is 4.79 Å². The lowest BCUT2D eigenvalue weighted by molar-refractivity contribution is -0.137. The second-order valence-electron chi connectivity index (χ2n) is 4.28. The van der Waals surface area contributed by atoms with Crippen LogP contribution in [-0.4, -0.2) is 23.7 Å².